The lowest BCUT2D eigenvalue weighted by Gasteiger charge is -2.27. The molecule has 0 amide bonds. The van der Waals surface area contributed by atoms with Crippen molar-refractivity contribution in [3.63, 3.8) is 0 Å². The quantitative estimate of drug-likeness (QED) is 0.667. The van der Waals surface area contributed by atoms with Crippen molar-refractivity contribution in [2.24, 2.45) is 17.1 Å². The largest absolute Gasteiger partial charge is 0.385 e. The molecule has 1 rings (SSSR count). The molecule has 2 nitrogen and oxygen atoms in total. The van der Waals surface area contributed by atoms with Crippen molar-refractivity contribution in [3.8, 4) is 0 Å². The summed E-state index contributed by atoms with van der Waals surface area (Å²) in [5.41, 5.74) is 6.38. The first-order valence-electron chi connectivity index (χ1n) is 5.95. The molecule has 1 fully saturated rings. The van der Waals surface area contributed by atoms with E-state index in [0.717, 1.165) is 19.1 Å². The summed E-state index contributed by atoms with van der Waals surface area (Å²) in [6.45, 7) is 4.05. The Labute approximate surface area is 88.2 Å². The molecule has 0 aromatic rings. The minimum Gasteiger partial charge on any atom is -0.385 e. The minimum atomic E-state index is 0.458. The highest BCUT2D eigenvalue weighted by molar-refractivity contribution is 4.89. The number of methoxy groups -OCH3 is 1. The molecule has 0 spiro atoms. The monoisotopic (exact) mass is 199 g/mol. The molecule has 1 aliphatic rings. The maximum absolute atomic E-state index is 5.93. The van der Waals surface area contributed by atoms with Crippen LogP contribution in [-0.2, 0) is 4.74 Å². The van der Waals surface area contributed by atoms with Gasteiger partial charge in [-0.1, -0.05) is 13.3 Å². The Bertz CT molecular complexity index is 160. The average Bonchev–Trinajstić information content (AvgIpc) is 2.63. The Balaban J connectivity index is 2.35. The fourth-order valence-electron chi connectivity index (χ4n) is 2.78. The summed E-state index contributed by atoms with van der Waals surface area (Å²) in [5, 5.41) is 0. The third-order valence-electron chi connectivity index (χ3n) is 3.87. The summed E-state index contributed by atoms with van der Waals surface area (Å²) in [6, 6.07) is 0. The molecular weight excluding hydrogens is 174 g/mol. The van der Waals surface area contributed by atoms with E-state index in [9.17, 15) is 0 Å². The molecule has 2 heteroatoms. The zero-order valence-corrected chi connectivity index (χ0v) is 9.72. The van der Waals surface area contributed by atoms with Gasteiger partial charge < -0.3 is 10.5 Å². The van der Waals surface area contributed by atoms with Crippen LogP contribution >= 0.6 is 0 Å². The van der Waals surface area contributed by atoms with Gasteiger partial charge in [-0.2, -0.15) is 0 Å². The van der Waals surface area contributed by atoms with E-state index in [1.165, 1.54) is 38.5 Å². The van der Waals surface area contributed by atoms with Gasteiger partial charge in [0.25, 0.3) is 0 Å². The fraction of sp³-hybridized carbons (Fsp3) is 1.00. The molecule has 14 heavy (non-hydrogen) atoms. The van der Waals surface area contributed by atoms with Gasteiger partial charge in [0.1, 0.15) is 0 Å². The molecular formula is C12H25NO. The molecule has 0 radical (unpaired) electrons. The molecule has 0 saturated heterocycles. The van der Waals surface area contributed by atoms with Crippen molar-refractivity contribution in [2.75, 3.05) is 20.3 Å². The Morgan fingerprint density at radius 1 is 1.50 bits per heavy atom. The topological polar surface area (TPSA) is 35.2 Å². The SMILES string of the molecule is CCC1CCC(CN)(CCCOC)C1. The van der Waals surface area contributed by atoms with Crippen molar-refractivity contribution < 1.29 is 4.74 Å². The lowest BCUT2D eigenvalue weighted by molar-refractivity contribution is 0.166. The average molecular weight is 199 g/mol. The van der Waals surface area contributed by atoms with E-state index in [1.54, 1.807) is 7.11 Å². The smallest absolute Gasteiger partial charge is 0.0462 e. The summed E-state index contributed by atoms with van der Waals surface area (Å²) in [5.74, 6) is 0.932. The highest BCUT2D eigenvalue weighted by Crippen LogP contribution is 2.45. The van der Waals surface area contributed by atoms with Crippen LogP contribution in [0.1, 0.15) is 45.4 Å². The molecule has 2 atom stereocenters. The van der Waals surface area contributed by atoms with E-state index in [2.05, 4.69) is 6.92 Å². The summed E-state index contributed by atoms with van der Waals surface area (Å²) < 4.78 is 5.10. The van der Waals surface area contributed by atoms with E-state index in [0.29, 0.717) is 5.41 Å². The van der Waals surface area contributed by atoms with Crippen LogP contribution in [0.4, 0.5) is 0 Å². The molecule has 2 N–H and O–H groups in total. The van der Waals surface area contributed by atoms with Crippen LogP contribution in [0.5, 0.6) is 0 Å². The molecule has 0 bridgehead atoms. The molecule has 1 saturated carbocycles. The number of hydrogen-bond acceptors (Lipinski definition) is 2. The second-order valence-electron chi connectivity index (χ2n) is 4.82. The van der Waals surface area contributed by atoms with Crippen molar-refractivity contribution in [3.05, 3.63) is 0 Å². The molecule has 0 aromatic heterocycles. The third-order valence-corrected chi connectivity index (χ3v) is 3.87. The lowest BCUT2D eigenvalue weighted by Crippen LogP contribution is -2.28. The minimum absolute atomic E-state index is 0.458. The van der Waals surface area contributed by atoms with Crippen LogP contribution in [0.2, 0.25) is 0 Å². The first kappa shape index (κ1) is 12.0. The van der Waals surface area contributed by atoms with E-state index in [-0.39, 0.29) is 0 Å². The maximum Gasteiger partial charge on any atom is 0.0462 e. The lowest BCUT2D eigenvalue weighted by atomic mass is 9.80. The van der Waals surface area contributed by atoms with Gasteiger partial charge in [-0.3, -0.25) is 0 Å². The van der Waals surface area contributed by atoms with Crippen molar-refractivity contribution in [1.29, 1.82) is 0 Å². The van der Waals surface area contributed by atoms with Crippen molar-refractivity contribution in [2.45, 2.75) is 45.4 Å². The van der Waals surface area contributed by atoms with Gasteiger partial charge in [0.2, 0.25) is 0 Å². The van der Waals surface area contributed by atoms with E-state index < -0.39 is 0 Å². The normalized spacial score (nSPS) is 32.4. The predicted octanol–water partition coefficient (Wildman–Crippen LogP) is 2.57. The van der Waals surface area contributed by atoms with Gasteiger partial charge in [0.15, 0.2) is 0 Å². The van der Waals surface area contributed by atoms with Crippen molar-refractivity contribution >= 4 is 0 Å². The van der Waals surface area contributed by atoms with Gasteiger partial charge in [-0.05, 0) is 50.0 Å². The van der Waals surface area contributed by atoms with Crippen LogP contribution < -0.4 is 5.73 Å². The van der Waals surface area contributed by atoms with Crippen LogP contribution in [0, 0.1) is 11.3 Å². The number of rotatable bonds is 6. The Hall–Kier alpha value is -0.0800. The van der Waals surface area contributed by atoms with Gasteiger partial charge in [0, 0.05) is 13.7 Å². The number of nitrogens with two attached hydrogens (primary N) is 1. The molecule has 0 aliphatic heterocycles. The summed E-state index contributed by atoms with van der Waals surface area (Å²) in [4.78, 5) is 0. The third kappa shape index (κ3) is 2.96. The fourth-order valence-corrected chi connectivity index (χ4v) is 2.78. The van der Waals surface area contributed by atoms with Crippen LogP contribution in [0.15, 0.2) is 0 Å². The molecule has 2 unspecified atom stereocenters. The summed E-state index contributed by atoms with van der Waals surface area (Å²) in [6.07, 6.45) is 7.83. The van der Waals surface area contributed by atoms with Gasteiger partial charge >= 0.3 is 0 Å². The zero-order valence-electron chi connectivity index (χ0n) is 9.72. The Morgan fingerprint density at radius 2 is 2.29 bits per heavy atom. The van der Waals surface area contributed by atoms with Crippen LogP contribution in [0.25, 0.3) is 0 Å². The second kappa shape index (κ2) is 5.72. The maximum atomic E-state index is 5.93. The van der Waals surface area contributed by atoms with E-state index in [4.69, 9.17) is 10.5 Å². The second-order valence-corrected chi connectivity index (χ2v) is 4.82. The molecule has 1 aliphatic carbocycles. The molecule has 0 heterocycles. The van der Waals surface area contributed by atoms with E-state index in [1.807, 2.05) is 0 Å². The molecule has 84 valence electrons. The Kier molecular flexibility index (Phi) is 4.90. The predicted molar refractivity (Wildman–Crippen MR) is 60.2 cm³/mol. The molecule has 0 aromatic carbocycles. The van der Waals surface area contributed by atoms with E-state index >= 15 is 0 Å². The summed E-state index contributed by atoms with van der Waals surface area (Å²) in [7, 11) is 1.78. The van der Waals surface area contributed by atoms with Gasteiger partial charge in [0.05, 0.1) is 0 Å². The Morgan fingerprint density at radius 3 is 2.79 bits per heavy atom. The highest BCUT2D eigenvalue weighted by Gasteiger charge is 2.36. The van der Waals surface area contributed by atoms with Gasteiger partial charge in [-0.15, -0.1) is 0 Å². The number of ether oxygens (including phenoxy) is 1. The zero-order chi connectivity index (χ0) is 10.4. The first-order valence-corrected chi connectivity index (χ1v) is 5.95. The highest BCUT2D eigenvalue weighted by atomic mass is 16.5. The standard InChI is InChI=1S/C12H25NO/c1-3-11-5-7-12(9-11,10-13)6-4-8-14-2/h11H,3-10,13H2,1-2H3. The van der Waals surface area contributed by atoms with Crippen molar-refractivity contribution in [1.82, 2.24) is 0 Å². The number of hydrogen-bond donors (Lipinski definition) is 1. The van der Waals surface area contributed by atoms with Crippen LogP contribution in [-0.4, -0.2) is 20.3 Å². The summed E-state index contributed by atoms with van der Waals surface area (Å²) >= 11 is 0. The van der Waals surface area contributed by atoms with Crippen LogP contribution in [0.3, 0.4) is 0 Å². The first-order chi connectivity index (χ1) is 6.76. The van der Waals surface area contributed by atoms with Gasteiger partial charge in [-0.25, -0.2) is 0 Å².